The molecule has 2 aromatic rings. The molecule has 0 saturated heterocycles. The van der Waals surface area contributed by atoms with E-state index in [0.717, 1.165) is 10.7 Å². The van der Waals surface area contributed by atoms with Crippen molar-refractivity contribution >= 4 is 27.3 Å². The standard InChI is InChI=1S/C13H15BrN2S/c1-7-4-10(5-8(2)12(7)14)13-16-9(3)11(6-15)17-13/h4-5H,6,15H2,1-3H3. The predicted octanol–water partition coefficient (Wildman–Crippen LogP) is 3.96. The highest BCUT2D eigenvalue weighted by Crippen LogP contribution is 2.32. The lowest BCUT2D eigenvalue weighted by molar-refractivity contribution is 1.06. The lowest BCUT2D eigenvalue weighted by Gasteiger charge is -2.05. The minimum absolute atomic E-state index is 0.567. The fraction of sp³-hybridized carbons (Fsp3) is 0.308. The summed E-state index contributed by atoms with van der Waals surface area (Å²) in [6.07, 6.45) is 0. The second kappa shape index (κ2) is 4.88. The molecule has 2 nitrogen and oxygen atoms in total. The van der Waals surface area contributed by atoms with Crippen molar-refractivity contribution in [1.29, 1.82) is 0 Å². The number of rotatable bonds is 2. The zero-order chi connectivity index (χ0) is 12.6. The SMILES string of the molecule is Cc1cc(-c2nc(C)c(CN)s2)cc(C)c1Br. The molecule has 0 spiro atoms. The van der Waals surface area contributed by atoms with Gasteiger partial charge in [-0.25, -0.2) is 4.98 Å². The van der Waals surface area contributed by atoms with Crippen LogP contribution in [-0.4, -0.2) is 4.98 Å². The molecule has 0 fully saturated rings. The number of nitrogens with zero attached hydrogens (tertiary/aromatic N) is 1. The van der Waals surface area contributed by atoms with Gasteiger partial charge < -0.3 is 5.73 Å². The molecule has 0 bridgehead atoms. The van der Waals surface area contributed by atoms with Crippen LogP contribution in [0.25, 0.3) is 10.6 Å². The number of benzene rings is 1. The monoisotopic (exact) mass is 310 g/mol. The van der Waals surface area contributed by atoms with Gasteiger partial charge in [-0.3, -0.25) is 0 Å². The number of hydrogen-bond donors (Lipinski definition) is 1. The first kappa shape index (κ1) is 12.7. The molecule has 90 valence electrons. The van der Waals surface area contributed by atoms with Gasteiger partial charge in [-0.15, -0.1) is 11.3 Å². The van der Waals surface area contributed by atoms with E-state index in [0.29, 0.717) is 6.54 Å². The Kier molecular flexibility index (Phi) is 3.66. The number of nitrogens with two attached hydrogens (primary N) is 1. The maximum Gasteiger partial charge on any atom is 0.123 e. The van der Waals surface area contributed by atoms with Crippen LogP contribution in [-0.2, 0) is 6.54 Å². The molecular formula is C13H15BrN2S. The predicted molar refractivity (Wildman–Crippen MR) is 77.4 cm³/mol. The largest absolute Gasteiger partial charge is 0.326 e. The second-order valence-electron chi connectivity index (χ2n) is 4.16. The van der Waals surface area contributed by atoms with Crippen molar-refractivity contribution in [1.82, 2.24) is 4.98 Å². The molecule has 0 radical (unpaired) electrons. The van der Waals surface area contributed by atoms with Gasteiger partial charge in [0, 0.05) is 21.5 Å². The molecule has 1 aromatic carbocycles. The van der Waals surface area contributed by atoms with E-state index in [9.17, 15) is 0 Å². The van der Waals surface area contributed by atoms with Crippen LogP contribution in [0.15, 0.2) is 16.6 Å². The highest BCUT2D eigenvalue weighted by Gasteiger charge is 2.10. The lowest BCUT2D eigenvalue weighted by atomic mass is 10.1. The molecule has 0 unspecified atom stereocenters. The average Bonchev–Trinajstić information content (AvgIpc) is 2.66. The molecule has 0 aliphatic carbocycles. The van der Waals surface area contributed by atoms with E-state index in [1.54, 1.807) is 11.3 Å². The molecule has 4 heteroatoms. The Morgan fingerprint density at radius 3 is 2.29 bits per heavy atom. The third-order valence-corrected chi connectivity index (χ3v) is 5.24. The van der Waals surface area contributed by atoms with Gasteiger partial charge in [0.25, 0.3) is 0 Å². The number of thiazole rings is 1. The molecule has 2 N–H and O–H groups in total. The van der Waals surface area contributed by atoms with Crippen molar-refractivity contribution in [2.45, 2.75) is 27.3 Å². The lowest BCUT2D eigenvalue weighted by Crippen LogP contribution is -1.94. The zero-order valence-corrected chi connectivity index (χ0v) is 12.6. The second-order valence-corrected chi connectivity index (χ2v) is 6.03. The highest BCUT2D eigenvalue weighted by molar-refractivity contribution is 9.10. The minimum Gasteiger partial charge on any atom is -0.326 e. The maximum absolute atomic E-state index is 5.69. The fourth-order valence-corrected chi connectivity index (χ4v) is 2.97. The molecular weight excluding hydrogens is 296 g/mol. The average molecular weight is 311 g/mol. The molecule has 0 saturated carbocycles. The van der Waals surface area contributed by atoms with E-state index in [1.165, 1.54) is 26.0 Å². The van der Waals surface area contributed by atoms with Crippen LogP contribution in [0.2, 0.25) is 0 Å². The summed E-state index contributed by atoms with van der Waals surface area (Å²) in [6, 6.07) is 4.32. The molecule has 0 aliphatic rings. The van der Waals surface area contributed by atoms with Gasteiger partial charge in [-0.1, -0.05) is 15.9 Å². The molecule has 1 heterocycles. The summed E-state index contributed by atoms with van der Waals surface area (Å²) in [5.74, 6) is 0. The Morgan fingerprint density at radius 1 is 1.24 bits per heavy atom. The molecule has 1 aromatic heterocycles. The minimum atomic E-state index is 0.567. The molecule has 0 aliphatic heterocycles. The van der Waals surface area contributed by atoms with Crippen molar-refractivity contribution in [3.63, 3.8) is 0 Å². The van der Waals surface area contributed by atoms with Crippen molar-refractivity contribution in [3.8, 4) is 10.6 Å². The van der Waals surface area contributed by atoms with Gasteiger partial charge in [-0.05, 0) is 44.0 Å². The Bertz CT molecular complexity index is 538. The summed E-state index contributed by atoms with van der Waals surface area (Å²) < 4.78 is 1.17. The van der Waals surface area contributed by atoms with Crippen LogP contribution in [0, 0.1) is 20.8 Å². The first-order valence-electron chi connectivity index (χ1n) is 5.46. The first-order chi connectivity index (χ1) is 8.02. The van der Waals surface area contributed by atoms with Crippen LogP contribution in [0.5, 0.6) is 0 Å². The van der Waals surface area contributed by atoms with Crippen LogP contribution >= 0.6 is 27.3 Å². The summed E-state index contributed by atoms with van der Waals surface area (Å²) in [5.41, 5.74) is 10.4. The Labute approximate surface area is 114 Å². The van der Waals surface area contributed by atoms with E-state index >= 15 is 0 Å². The molecule has 2 rings (SSSR count). The van der Waals surface area contributed by atoms with Crippen molar-refractivity contribution in [3.05, 3.63) is 38.3 Å². The molecule has 0 atom stereocenters. The third-order valence-electron chi connectivity index (χ3n) is 2.76. The van der Waals surface area contributed by atoms with Crippen LogP contribution in [0.3, 0.4) is 0 Å². The summed E-state index contributed by atoms with van der Waals surface area (Å²) >= 11 is 5.27. The van der Waals surface area contributed by atoms with Crippen LogP contribution in [0.4, 0.5) is 0 Å². The van der Waals surface area contributed by atoms with Crippen molar-refractivity contribution in [2.75, 3.05) is 0 Å². The summed E-state index contributed by atoms with van der Waals surface area (Å²) in [5, 5.41) is 1.06. The number of aromatic nitrogens is 1. The highest BCUT2D eigenvalue weighted by atomic mass is 79.9. The summed E-state index contributed by atoms with van der Waals surface area (Å²) in [7, 11) is 0. The summed E-state index contributed by atoms with van der Waals surface area (Å²) in [6.45, 7) is 6.79. The topological polar surface area (TPSA) is 38.9 Å². The maximum atomic E-state index is 5.69. The van der Waals surface area contributed by atoms with Crippen molar-refractivity contribution < 1.29 is 0 Å². The zero-order valence-electron chi connectivity index (χ0n) is 10.2. The Hall–Kier alpha value is -0.710. The van der Waals surface area contributed by atoms with Crippen molar-refractivity contribution in [2.24, 2.45) is 5.73 Å². The normalized spacial score (nSPS) is 10.9. The van der Waals surface area contributed by atoms with E-state index < -0.39 is 0 Å². The van der Waals surface area contributed by atoms with Crippen LogP contribution in [0.1, 0.15) is 21.7 Å². The van der Waals surface area contributed by atoms with Gasteiger partial charge in [0.1, 0.15) is 5.01 Å². The van der Waals surface area contributed by atoms with Gasteiger partial charge in [0.15, 0.2) is 0 Å². The number of hydrogen-bond acceptors (Lipinski definition) is 3. The van der Waals surface area contributed by atoms with E-state index in [4.69, 9.17) is 5.73 Å². The Balaban J connectivity index is 2.53. The first-order valence-corrected chi connectivity index (χ1v) is 7.07. The van der Waals surface area contributed by atoms with Gasteiger partial charge in [-0.2, -0.15) is 0 Å². The van der Waals surface area contributed by atoms with E-state index in [2.05, 4.69) is 46.9 Å². The Morgan fingerprint density at radius 2 is 1.82 bits per heavy atom. The quantitative estimate of drug-likeness (QED) is 0.912. The van der Waals surface area contributed by atoms with E-state index in [1.807, 2.05) is 6.92 Å². The smallest absolute Gasteiger partial charge is 0.123 e. The van der Waals surface area contributed by atoms with E-state index in [-0.39, 0.29) is 0 Å². The van der Waals surface area contributed by atoms with Gasteiger partial charge in [0.05, 0.1) is 5.69 Å². The molecule has 17 heavy (non-hydrogen) atoms. The third kappa shape index (κ3) is 2.44. The molecule has 0 amide bonds. The van der Waals surface area contributed by atoms with Gasteiger partial charge >= 0.3 is 0 Å². The fourth-order valence-electron chi connectivity index (χ4n) is 1.81. The summed E-state index contributed by atoms with van der Waals surface area (Å²) in [4.78, 5) is 5.75. The van der Waals surface area contributed by atoms with Gasteiger partial charge in [0.2, 0.25) is 0 Å². The van der Waals surface area contributed by atoms with Crippen LogP contribution < -0.4 is 5.73 Å². The number of aryl methyl sites for hydroxylation is 3. The number of halogens is 1.